The van der Waals surface area contributed by atoms with Crippen LogP contribution in [0.15, 0.2) is 22.9 Å². The summed E-state index contributed by atoms with van der Waals surface area (Å²) in [6, 6.07) is 0. The van der Waals surface area contributed by atoms with E-state index in [1.165, 1.54) is 0 Å². The highest BCUT2D eigenvalue weighted by Crippen LogP contribution is 2.07. The van der Waals surface area contributed by atoms with Crippen molar-refractivity contribution in [1.29, 1.82) is 0 Å². The van der Waals surface area contributed by atoms with Crippen molar-refractivity contribution in [3.05, 3.63) is 22.9 Å². The van der Waals surface area contributed by atoms with Gasteiger partial charge in [0.1, 0.15) is 5.16 Å². The second-order valence-corrected chi connectivity index (χ2v) is 2.80. The van der Waals surface area contributed by atoms with E-state index in [1.54, 1.807) is 11.4 Å². The van der Waals surface area contributed by atoms with E-state index in [4.69, 9.17) is 11.6 Å². The molecule has 11 heavy (non-hydrogen) atoms. The third kappa shape index (κ3) is 2.22. The van der Waals surface area contributed by atoms with Crippen LogP contribution in [-0.4, -0.2) is 24.9 Å². The number of hydrogen-bond acceptors (Lipinski definition) is 2. The Hall–Kier alpha value is -0.510. The topological polar surface area (TPSA) is 48.9 Å². The molecule has 0 spiro atoms. The number of aliphatic hydroxyl groups is 1. The Morgan fingerprint density at radius 3 is 2.91 bits per heavy atom. The fourth-order valence-corrected chi connectivity index (χ4v) is 1.03. The Labute approximate surface area is 70.7 Å². The summed E-state index contributed by atoms with van der Waals surface area (Å²) in [5, 5.41) is 14.6. The molecule has 4 N–H and O–H groups in total. The first-order valence-corrected chi connectivity index (χ1v) is 3.89. The van der Waals surface area contributed by atoms with Gasteiger partial charge >= 0.3 is 0 Å². The van der Waals surface area contributed by atoms with Crippen molar-refractivity contribution >= 4 is 11.6 Å². The molecule has 1 aliphatic rings. The van der Waals surface area contributed by atoms with Gasteiger partial charge in [-0.15, -0.1) is 0 Å². The van der Waals surface area contributed by atoms with Crippen LogP contribution in [0.1, 0.15) is 0 Å². The first-order chi connectivity index (χ1) is 5.24. The molecule has 3 nitrogen and oxygen atoms in total. The summed E-state index contributed by atoms with van der Waals surface area (Å²) >= 11 is 5.64. The van der Waals surface area contributed by atoms with Crippen molar-refractivity contribution in [2.45, 2.75) is 6.23 Å². The van der Waals surface area contributed by atoms with Crippen molar-refractivity contribution in [2.75, 3.05) is 13.6 Å². The normalized spacial score (nSPS) is 19.9. The fraction of sp³-hybridized carbons (Fsp3) is 0.429. The number of halogens is 1. The average molecular weight is 176 g/mol. The van der Waals surface area contributed by atoms with Crippen molar-refractivity contribution in [2.24, 2.45) is 0 Å². The lowest BCUT2D eigenvalue weighted by Gasteiger charge is -2.15. The van der Waals surface area contributed by atoms with E-state index in [-0.39, 0.29) is 0 Å². The van der Waals surface area contributed by atoms with Gasteiger partial charge in [-0.2, -0.15) is 0 Å². The predicted octanol–water partition coefficient (Wildman–Crippen LogP) is -0.892. The molecule has 0 aromatic carbocycles. The molecule has 0 saturated heterocycles. The zero-order chi connectivity index (χ0) is 8.27. The maximum absolute atomic E-state index is 9.33. The molecule has 1 atom stereocenters. The van der Waals surface area contributed by atoms with E-state index in [0.29, 0.717) is 11.7 Å². The van der Waals surface area contributed by atoms with Gasteiger partial charge in [-0.1, -0.05) is 11.6 Å². The molecule has 4 heteroatoms. The molecule has 62 valence electrons. The molecule has 0 bridgehead atoms. The second kappa shape index (κ2) is 3.76. The van der Waals surface area contributed by atoms with Gasteiger partial charge in [0.25, 0.3) is 0 Å². The van der Waals surface area contributed by atoms with Crippen LogP contribution in [-0.2, 0) is 0 Å². The Kier molecular flexibility index (Phi) is 2.93. The van der Waals surface area contributed by atoms with E-state index >= 15 is 0 Å². The lowest BCUT2D eigenvalue weighted by Crippen LogP contribution is -2.87. The number of aliphatic hydroxyl groups excluding tert-OH is 1. The van der Waals surface area contributed by atoms with Crippen molar-refractivity contribution in [1.82, 2.24) is 5.32 Å². The summed E-state index contributed by atoms with van der Waals surface area (Å²) in [7, 11) is 1.82. The second-order valence-electron chi connectivity index (χ2n) is 2.39. The van der Waals surface area contributed by atoms with E-state index in [0.717, 1.165) is 5.57 Å². The van der Waals surface area contributed by atoms with E-state index in [2.05, 4.69) is 5.32 Å². The van der Waals surface area contributed by atoms with Crippen LogP contribution < -0.4 is 10.6 Å². The van der Waals surface area contributed by atoms with E-state index < -0.39 is 6.23 Å². The largest absolute Gasteiger partial charge is 0.372 e. The van der Waals surface area contributed by atoms with Crippen LogP contribution in [0.25, 0.3) is 0 Å². The molecular formula is C7H12ClN2O+. The molecule has 1 rings (SSSR count). The number of likely N-dealkylation sites (N-methyl/N-ethyl adjacent to an activating group) is 1. The molecular weight excluding hydrogens is 164 g/mol. The van der Waals surface area contributed by atoms with Crippen LogP contribution in [0.5, 0.6) is 0 Å². The van der Waals surface area contributed by atoms with Gasteiger partial charge in [0.2, 0.25) is 6.23 Å². The number of rotatable bonds is 2. The van der Waals surface area contributed by atoms with Crippen LogP contribution in [0.2, 0.25) is 0 Å². The Balaban J connectivity index is 2.60. The molecule has 0 aromatic rings. The Bertz CT molecular complexity index is 201. The standard InChI is InChI=1S/C7H11ClN2O/c1-9-7(11)5-2-3-6(8)10-4-5/h2-3,7,9-11H,4H2,1H3/p+1. The zero-order valence-corrected chi connectivity index (χ0v) is 7.10. The Morgan fingerprint density at radius 2 is 2.45 bits per heavy atom. The first-order valence-electron chi connectivity index (χ1n) is 3.51. The summed E-state index contributed by atoms with van der Waals surface area (Å²) in [6.45, 7) is 0.626. The first kappa shape index (κ1) is 8.59. The number of nitrogens with two attached hydrogens (primary N) is 1. The van der Waals surface area contributed by atoms with Crippen molar-refractivity contribution < 1.29 is 10.4 Å². The highest BCUT2D eigenvalue weighted by Gasteiger charge is 2.13. The number of quaternary nitrogens is 1. The maximum Gasteiger partial charge on any atom is 0.212 e. The van der Waals surface area contributed by atoms with Crippen LogP contribution in [0, 0.1) is 0 Å². The zero-order valence-electron chi connectivity index (χ0n) is 6.34. The summed E-state index contributed by atoms with van der Waals surface area (Å²) in [6.07, 6.45) is 3.12. The van der Waals surface area contributed by atoms with Gasteiger partial charge in [-0.3, -0.25) is 0 Å². The van der Waals surface area contributed by atoms with Gasteiger partial charge in [-0.05, 0) is 12.2 Å². The molecule has 1 unspecified atom stereocenters. The van der Waals surface area contributed by atoms with E-state index in [1.807, 2.05) is 13.1 Å². The van der Waals surface area contributed by atoms with Gasteiger partial charge < -0.3 is 15.7 Å². The number of hydrogen-bond donors (Lipinski definition) is 3. The van der Waals surface area contributed by atoms with Crippen LogP contribution in [0.4, 0.5) is 0 Å². The fourth-order valence-electron chi connectivity index (χ4n) is 0.902. The summed E-state index contributed by atoms with van der Waals surface area (Å²) in [5.41, 5.74) is 0.942. The van der Waals surface area contributed by atoms with E-state index in [9.17, 15) is 5.11 Å². The molecule has 0 fully saturated rings. The summed E-state index contributed by atoms with van der Waals surface area (Å²) in [4.78, 5) is 0. The molecule has 0 aromatic heterocycles. The van der Waals surface area contributed by atoms with Crippen molar-refractivity contribution in [3.8, 4) is 0 Å². The lowest BCUT2D eigenvalue weighted by atomic mass is 10.2. The minimum absolute atomic E-state index is 0.455. The van der Waals surface area contributed by atoms with Gasteiger partial charge in [0.15, 0.2) is 0 Å². The monoisotopic (exact) mass is 175 g/mol. The molecule has 0 aliphatic carbocycles. The summed E-state index contributed by atoms with van der Waals surface area (Å²) in [5.74, 6) is 0. The highest BCUT2D eigenvalue weighted by molar-refractivity contribution is 6.29. The quantitative estimate of drug-likeness (QED) is 0.377. The lowest BCUT2D eigenvalue weighted by molar-refractivity contribution is -0.691. The molecule has 0 radical (unpaired) electrons. The van der Waals surface area contributed by atoms with Crippen molar-refractivity contribution in [3.63, 3.8) is 0 Å². The maximum atomic E-state index is 9.33. The smallest absolute Gasteiger partial charge is 0.212 e. The van der Waals surface area contributed by atoms with Gasteiger partial charge in [0.05, 0.1) is 7.05 Å². The summed E-state index contributed by atoms with van der Waals surface area (Å²) < 4.78 is 0. The molecule has 1 aliphatic heterocycles. The third-order valence-corrected chi connectivity index (χ3v) is 1.86. The molecule has 0 saturated carbocycles. The highest BCUT2D eigenvalue weighted by atomic mass is 35.5. The minimum Gasteiger partial charge on any atom is -0.372 e. The molecule has 0 amide bonds. The van der Waals surface area contributed by atoms with Gasteiger partial charge in [0, 0.05) is 12.1 Å². The van der Waals surface area contributed by atoms with Gasteiger partial charge in [-0.25, -0.2) is 0 Å². The Morgan fingerprint density at radius 1 is 1.73 bits per heavy atom. The number of nitrogens with one attached hydrogen (secondary N) is 1. The SMILES string of the molecule is C[NH2+]C(O)C1=CC=C(Cl)NC1. The predicted molar refractivity (Wildman–Crippen MR) is 43.9 cm³/mol. The number of dihydropyridines is 1. The molecule has 1 heterocycles. The van der Waals surface area contributed by atoms with Crippen LogP contribution in [0.3, 0.4) is 0 Å². The van der Waals surface area contributed by atoms with Crippen LogP contribution >= 0.6 is 11.6 Å². The average Bonchev–Trinajstić information content (AvgIpc) is 2.05. The number of allylic oxidation sites excluding steroid dienone is 2. The third-order valence-electron chi connectivity index (χ3n) is 1.60. The minimum atomic E-state index is -0.455.